The van der Waals surface area contributed by atoms with Crippen LogP contribution in [0.2, 0.25) is 0 Å². The monoisotopic (exact) mass is 547 g/mol. The van der Waals surface area contributed by atoms with Gasteiger partial charge in [0.1, 0.15) is 5.75 Å². The van der Waals surface area contributed by atoms with Crippen LogP contribution in [0, 0.1) is 0 Å². The van der Waals surface area contributed by atoms with E-state index in [1.165, 1.54) is 22.9 Å². The molecule has 2 aliphatic heterocycles. The van der Waals surface area contributed by atoms with Crippen LogP contribution in [0.4, 0.5) is 26.7 Å². The SMILES string of the molecule is COc1ccc(COCC(OC(=O)N2CCC3(CCC(n4cc(C(F)F)cn4)CO3)CC2)C(F)(F)F)cc1. The number of hydrogen-bond acceptors (Lipinski definition) is 6. The van der Waals surface area contributed by atoms with Crippen LogP contribution in [-0.2, 0) is 20.8 Å². The molecule has 8 nitrogen and oxygen atoms in total. The third-order valence-corrected chi connectivity index (χ3v) is 7.00. The molecular weight excluding hydrogens is 517 g/mol. The zero-order valence-electron chi connectivity index (χ0n) is 20.8. The van der Waals surface area contributed by atoms with E-state index in [-0.39, 0.29) is 37.9 Å². The predicted octanol–water partition coefficient (Wildman–Crippen LogP) is 5.30. The summed E-state index contributed by atoms with van der Waals surface area (Å²) in [6, 6.07) is 6.49. The Hall–Kier alpha value is -2.93. The average Bonchev–Trinajstić information content (AvgIpc) is 3.39. The summed E-state index contributed by atoms with van der Waals surface area (Å²) in [6.45, 7) is -0.280. The highest BCUT2D eigenvalue weighted by Gasteiger charge is 2.45. The van der Waals surface area contributed by atoms with Crippen LogP contribution < -0.4 is 4.74 Å². The second-order valence-electron chi connectivity index (χ2n) is 9.51. The first kappa shape index (κ1) is 28.1. The van der Waals surface area contributed by atoms with E-state index in [1.807, 2.05) is 0 Å². The number of hydrogen-bond donors (Lipinski definition) is 0. The van der Waals surface area contributed by atoms with Crippen molar-refractivity contribution in [1.82, 2.24) is 14.7 Å². The van der Waals surface area contributed by atoms with E-state index in [9.17, 15) is 26.7 Å². The van der Waals surface area contributed by atoms with Crippen molar-refractivity contribution >= 4 is 6.09 Å². The topological polar surface area (TPSA) is 75.1 Å². The molecule has 1 amide bonds. The predicted molar refractivity (Wildman–Crippen MR) is 124 cm³/mol. The van der Waals surface area contributed by atoms with Crippen LogP contribution in [0.1, 0.15) is 49.3 Å². The van der Waals surface area contributed by atoms with Gasteiger partial charge in [-0.1, -0.05) is 12.1 Å². The Morgan fingerprint density at radius 1 is 1.18 bits per heavy atom. The number of carbonyl (C=O) groups excluding carboxylic acids is 1. The molecule has 2 unspecified atom stereocenters. The number of carbonyl (C=O) groups is 1. The zero-order valence-corrected chi connectivity index (χ0v) is 20.8. The number of aromatic nitrogens is 2. The largest absolute Gasteiger partial charge is 0.497 e. The fourth-order valence-electron chi connectivity index (χ4n) is 4.62. The molecule has 3 heterocycles. The lowest BCUT2D eigenvalue weighted by atomic mass is 9.83. The summed E-state index contributed by atoms with van der Waals surface area (Å²) < 4.78 is 88.8. The van der Waals surface area contributed by atoms with E-state index < -0.39 is 37.0 Å². The number of nitrogens with zero attached hydrogens (tertiary/aromatic N) is 3. The normalized spacial score (nSPS) is 20.5. The van der Waals surface area contributed by atoms with Crippen molar-refractivity contribution in [2.24, 2.45) is 0 Å². The van der Waals surface area contributed by atoms with Crippen LogP contribution in [0.5, 0.6) is 5.75 Å². The molecule has 2 atom stereocenters. The Labute approximate surface area is 216 Å². The molecule has 2 fully saturated rings. The molecule has 0 saturated carbocycles. The first-order chi connectivity index (χ1) is 18.1. The van der Waals surface area contributed by atoms with Gasteiger partial charge in [0.25, 0.3) is 6.43 Å². The van der Waals surface area contributed by atoms with Gasteiger partial charge >= 0.3 is 12.3 Å². The lowest BCUT2D eigenvalue weighted by molar-refractivity contribution is -0.220. The van der Waals surface area contributed by atoms with Crippen molar-refractivity contribution in [3.05, 3.63) is 47.8 Å². The number of rotatable bonds is 8. The number of methoxy groups -OCH3 is 1. The molecule has 1 aromatic carbocycles. The average molecular weight is 548 g/mol. The van der Waals surface area contributed by atoms with Gasteiger partial charge in [-0.25, -0.2) is 13.6 Å². The molecule has 0 bridgehead atoms. The molecule has 1 aromatic heterocycles. The number of piperidine rings is 1. The third-order valence-electron chi connectivity index (χ3n) is 7.00. The van der Waals surface area contributed by atoms with Gasteiger partial charge in [0.2, 0.25) is 6.10 Å². The molecule has 2 saturated heterocycles. The second-order valence-corrected chi connectivity index (χ2v) is 9.51. The van der Waals surface area contributed by atoms with Crippen molar-refractivity contribution in [3.63, 3.8) is 0 Å². The Balaban J connectivity index is 1.24. The minimum atomic E-state index is -4.79. The maximum atomic E-state index is 13.5. The van der Waals surface area contributed by atoms with Crippen LogP contribution in [0.25, 0.3) is 0 Å². The molecule has 210 valence electrons. The smallest absolute Gasteiger partial charge is 0.427 e. The lowest BCUT2D eigenvalue weighted by Gasteiger charge is -2.45. The minimum Gasteiger partial charge on any atom is -0.497 e. The molecular formula is C25H30F5N3O5. The fraction of sp³-hybridized carbons (Fsp3) is 0.600. The van der Waals surface area contributed by atoms with E-state index in [2.05, 4.69) is 5.10 Å². The van der Waals surface area contributed by atoms with Crippen molar-refractivity contribution in [2.75, 3.05) is 33.4 Å². The van der Waals surface area contributed by atoms with Gasteiger partial charge in [0.15, 0.2) is 0 Å². The van der Waals surface area contributed by atoms with Gasteiger partial charge in [0.05, 0.1) is 50.3 Å². The van der Waals surface area contributed by atoms with Crippen LogP contribution in [0.15, 0.2) is 36.7 Å². The summed E-state index contributed by atoms with van der Waals surface area (Å²) in [4.78, 5) is 13.8. The van der Waals surface area contributed by atoms with Gasteiger partial charge in [-0.05, 0) is 43.4 Å². The van der Waals surface area contributed by atoms with Gasteiger partial charge in [0, 0.05) is 19.3 Å². The van der Waals surface area contributed by atoms with E-state index >= 15 is 0 Å². The first-order valence-electron chi connectivity index (χ1n) is 12.3. The Bertz CT molecular complexity index is 1040. The van der Waals surface area contributed by atoms with E-state index in [0.717, 1.165) is 6.20 Å². The van der Waals surface area contributed by atoms with Crippen LogP contribution in [-0.4, -0.2) is 72.1 Å². The molecule has 2 aliphatic rings. The highest BCUT2D eigenvalue weighted by molar-refractivity contribution is 5.68. The highest BCUT2D eigenvalue weighted by atomic mass is 19.4. The molecule has 1 spiro atoms. The van der Waals surface area contributed by atoms with Crippen LogP contribution in [0.3, 0.4) is 0 Å². The molecule has 0 N–H and O–H groups in total. The molecule has 4 rings (SSSR count). The Kier molecular flexibility index (Phi) is 8.76. The Morgan fingerprint density at radius 3 is 2.45 bits per heavy atom. The maximum Gasteiger partial charge on any atom is 0.427 e. The van der Waals surface area contributed by atoms with Crippen molar-refractivity contribution in [1.29, 1.82) is 0 Å². The maximum absolute atomic E-state index is 13.5. The summed E-state index contributed by atoms with van der Waals surface area (Å²) in [6.07, 6.45) is -6.26. The van der Waals surface area contributed by atoms with Gasteiger partial charge in [-0.3, -0.25) is 4.68 Å². The first-order valence-corrected chi connectivity index (χ1v) is 12.3. The van der Waals surface area contributed by atoms with Gasteiger partial charge < -0.3 is 23.8 Å². The van der Waals surface area contributed by atoms with Gasteiger partial charge in [-0.2, -0.15) is 18.3 Å². The number of likely N-dealkylation sites (tertiary alicyclic amines) is 1. The molecule has 13 heteroatoms. The number of benzene rings is 1. The molecule has 2 aromatic rings. The summed E-state index contributed by atoms with van der Waals surface area (Å²) in [5, 5.41) is 4.00. The van der Waals surface area contributed by atoms with E-state index in [4.69, 9.17) is 18.9 Å². The molecule has 38 heavy (non-hydrogen) atoms. The highest BCUT2D eigenvalue weighted by Crippen LogP contribution is 2.38. The van der Waals surface area contributed by atoms with Crippen molar-refractivity contribution in [2.45, 2.75) is 62.6 Å². The molecule has 0 radical (unpaired) electrons. The van der Waals surface area contributed by atoms with Gasteiger partial charge in [-0.15, -0.1) is 0 Å². The molecule has 0 aliphatic carbocycles. The van der Waals surface area contributed by atoms with Crippen molar-refractivity contribution in [3.8, 4) is 5.75 Å². The number of alkyl halides is 5. The number of amides is 1. The summed E-state index contributed by atoms with van der Waals surface area (Å²) in [5.41, 5.74) is -0.0202. The number of halogens is 5. The summed E-state index contributed by atoms with van der Waals surface area (Å²) in [7, 11) is 1.51. The second kappa shape index (κ2) is 11.9. The van der Waals surface area contributed by atoms with E-state index in [0.29, 0.717) is 37.0 Å². The zero-order chi connectivity index (χ0) is 27.3. The van der Waals surface area contributed by atoms with Crippen molar-refractivity contribution < 1.29 is 45.7 Å². The Morgan fingerprint density at radius 2 is 1.89 bits per heavy atom. The lowest BCUT2D eigenvalue weighted by Crippen LogP contribution is -2.52. The third kappa shape index (κ3) is 6.93. The minimum absolute atomic E-state index is 0.0827. The summed E-state index contributed by atoms with van der Waals surface area (Å²) in [5.74, 6) is 0.610. The summed E-state index contributed by atoms with van der Waals surface area (Å²) >= 11 is 0. The number of ether oxygens (including phenoxy) is 4. The fourth-order valence-corrected chi connectivity index (χ4v) is 4.62. The quantitative estimate of drug-likeness (QED) is 0.418. The van der Waals surface area contributed by atoms with E-state index in [1.54, 1.807) is 24.3 Å². The standard InChI is InChI=1S/C25H30F5N3O5/c1-35-20-4-2-17(3-5-20)14-36-16-21(25(28,29)30)38-23(34)32-10-8-24(9-11-32)7-6-19(15-37-24)33-13-18(12-31-33)22(26)27/h2-5,12-13,19,21-22H,6-11,14-16H2,1H3. The van der Waals surface area contributed by atoms with Crippen LogP contribution >= 0.6 is 0 Å².